The molecular weight excluding hydrogens is 180 g/mol. The fourth-order valence-corrected chi connectivity index (χ4v) is 1.86. The topological polar surface area (TPSA) is 49.4 Å². The Kier molecular flexibility index (Phi) is 4.43. The number of hydrogen-bond donors (Lipinski definition) is 1. The molecule has 14 heavy (non-hydrogen) atoms. The van der Waals surface area contributed by atoms with Gasteiger partial charge in [0.2, 0.25) is 12.3 Å². The van der Waals surface area contributed by atoms with Crippen molar-refractivity contribution in [3.05, 3.63) is 0 Å². The molecule has 1 rings (SSSR count). The Morgan fingerprint density at radius 2 is 2.36 bits per heavy atom. The first-order chi connectivity index (χ1) is 6.77. The van der Waals surface area contributed by atoms with Crippen LogP contribution in [0.15, 0.2) is 0 Å². The van der Waals surface area contributed by atoms with Crippen molar-refractivity contribution in [2.45, 2.75) is 38.6 Å². The Morgan fingerprint density at radius 1 is 1.57 bits per heavy atom. The molecule has 1 saturated heterocycles. The van der Waals surface area contributed by atoms with Gasteiger partial charge < -0.3 is 10.2 Å². The van der Waals surface area contributed by atoms with E-state index in [4.69, 9.17) is 0 Å². The van der Waals surface area contributed by atoms with Gasteiger partial charge in [-0.1, -0.05) is 0 Å². The minimum Gasteiger partial charge on any atom is -0.356 e. The summed E-state index contributed by atoms with van der Waals surface area (Å²) in [7, 11) is 0. The molecule has 0 bridgehead atoms. The van der Waals surface area contributed by atoms with Crippen molar-refractivity contribution in [3.8, 4) is 0 Å². The zero-order valence-electron chi connectivity index (χ0n) is 8.66. The van der Waals surface area contributed by atoms with Crippen molar-refractivity contribution in [3.63, 3.8) is 0 Å². The van der Waals surface area contributed by atoms with Gasteiger partial charge in [-0.05, 0) is 26.2 Å². The van der Waals surface area contributed by atoms with Gasteiger partial charge in [0.15, 0.2) is 0 Å². The van der Waals surface area contributed by atoms with Gasteiger partial charge in [-0.25, -0.2) is 0 Å². The Balaban J connectivity index is 2.39. The Morgan fingerprint density at radius 3 is 3.00 bits per heavy atom. The van der Waals surface area contributed by atoms with E-state index in [0.29, 0.717) is 13.0 Å². The van der Waals surface area contributed by atoms with E-state index in [0.717, 1.165) is 32.2 Å². The van der Waals surface area contributed by atoms with Gasteiger partial charge in [-0.15, -0.1) is 0 Å². The van der Waals surface area contributed by atoms with Crippen LogP contribution in [0.4, 0.5) is 0 Å². The van der Waals surface area contributed by atoms with Crippen LogP contribution in [0.3, 0.4) is 0 Å². The Labute approximate surface area is 84.7 Å². The first-order valence-electron chi connectivity index (χ1n) is 5.25. The van der Waals surface area contributed by atoms with Gasteiger partial charge in [-0.2, -0.15) is 0 Å². The third kappa shape index (κ3) is 3.01. The van der Waals surface area contributed by atoms with Gasteiger partial charge in [0, 0.05) is 25.6 Å². The van der Waals surface area contributed by atoms with E-state index in [-0.39, 0.29) is 11.9 Å². The highest BCUT2D eigenvalue weighted by Crippen LogP contribution is 2.17. The molecule has 0 spiro atoms. The van der Waals surface area contributed by atoms with Crippen LogP contribution in [0.25, 0.3) is 0 Å². The zero-order chi connectivity index (χ0) is 10.4. The number of hydrogen-bond acceptors (Lipinski definition) is 2. The fraction of sp³-hybridized carbons (Fsp3) is 0.800. The van der Waals surface area contributed by atoms with Crippen molar-refractivity contribution in [2.24, 2.45) is 0 Å². The maximum atomic E-state index is 11.3. The molecule has 80 valence electrons. The van der Waals surface area contributed by atoms with Crippen LogP contribution in [-0.4, -0.2) is 36.3 Å². The number of rotatable bonds is 4. The summed E-state index contributed by atoms with van der Waals surface area (Å²) in [5.41, 5.74) is 0. The SMILES string of the molecule is CCNC(=O)CC1CCCCN1C=O. The minimum atomic E-state index is 0.0475. The number of nitrogens with one attached hydrogen (secondary N) is 1. The molecule has 0 aromatic carbocycles. The molecule has 1 aliphatic rings. The first kappa shape index (κ1) is 11.0. The van der Waals surface area contributed by atoms with Gasteiger partial charge in [-0.3, -0.25) is 9.59 Å². The predicted molar refractivity (Wildman–Crippen MR) is 53.7 cm³/mol. The van der Waals surface area contributed by atoms with E-state index >= 15 is 0 Å². The average Bonchev–Trinajstić information content (AvgIpc) is 2.19. The van der Waals surface area contributed by atoms with Crippen molar-refractivity contribution in [2.75, 3.05) is 13.1 Å². The molecule has 0 saturated carbocycles. The summed E-state index contributed by atoms with van der Waals surface area (Å²) in [6.45, 7) is 3.36. The van der Waals surface area contributed by atoms with E-state index in [2.05, 4.69) is 5.32 Å². The lowest BCUT2D eigenvalue weighted by Crippen LogP contribution is -2.41. The Hall–Kier alpha value is -1.06. The molecular formula is C10H18N2O2. The smallest absolute Gasteiger partial charge is 0.222 e. The number of carbonyl (C=O) groups is 2. The number of likely N-dealkylation sites (tertiary alicyclic amines) is 1. The van der Waals surface area contributed by atoms with Gasteiger partial charge in [0.05, 0.1) is 0 Å². The van der Waals surface area contributed by atoms with E-state index in [1.165, 1.54) is 0 Å². The zero-order valence-corrected chi connectivity index (χ0v) is 8.66. The molecule has 1 heterocycles. The third-order valence-electron chi connectivity index (χ3n) is 2.60. The molecule has 1 unspecified atom stereocenters. The second-order valence-corrected chi connectivity index (χ2v) is 3.65. The number of carbonyl (C=O) groups excluding carboxylic acids is 2. The maximum absolute atomic E-state index is 11.3. The van der Waals surface area contributed by atoms with Crippen molar-refractivity contribution >= 4 is 12.3 Å². The fourth-order valence-electron chi connectivity index (χ4n) is 1.86. The van der Waals surface area contributed by atoms with E-state index < -0.39 is 0 Å². The molecule has 1 N–H and O–H groups in total. The van der Waals surface area contributed by atoms with Crippen LogP contribution in [0.1, 0.15) is 32.6 Å². The largest absolute Gasteiger partial charge is 0.356 e. The van der Waals surface area contributed by atoms with Crippen molar-refractivity contribution in [1.82, 2.24) is 10.2 Å². The summed E-state index contributed by atoms with van der Waals surface area (Å²) in [6.07, 6.45) is 4.45. The van der Waals surface area contributed by atoms with E-state index in [1.807, 2.05) is 6.92 Å². The van der Waals surface area contributed by atoms with Crippen molar-refractivity contribution in [1.29, 1.82) is 0 Å². The summed E-state index contributed by atoms with van der Waals surface area (Å²) in [5.74, 6) is 0.0475. The highest BCUT2D eigenvalue weighted by Gasteiger charge is 2.22. The van der Waals surface area contributed by atoms with Gasteiger partial charge in [0.25, 0.3) is 0 Å². The lowest BCUT2D eigenvalue weighted by atomic mass is 10.00. The van der Waals surface area contributed by atoms with Gasteiger partial charge >= 0.3 is 0 Å². The van der Waals surface area contributed by atoms with Gasteiger partial charge in [0.1, 0.15) is 0 Å². The molecule has 4 nitrogen and oxygen atoms in total. The second kappa shape index (κ2) is 5.62. The lowest BCUT2D eigenvalue weighted by Gasteiger charge is -2.32. The van der Waals surface area contributed by atoms with Crippen LogP contribution in [-0.2, 0) is 9.59 Å². The number of amides is 2. The average molecular weight is 198 g/mol. The summed E-state index contributed by atoms with van der Waals surface area (Å²) in [5, 5.41) is 2.76. The quantitative estimate of drug-likeness (QED) is 0.670. The van der Waals surface area contributed by atoms with Crippen molar-refractivity contribution < 1.29 is 9.59 Å². The Bertz CT molecular complexity index is 206. The van der Waals surface area contributed by atoms with Crippen LogP contribution in [0, 0.1) is 0 Å². The highest BCUT2D eigenvalue weighted by atomic mass is 16.2. The summed E-state index contributed by atoms with van der Waals surface area (Å²) >= 11 is 0. The standard InChI is InChI=1S/C10H18N2O2/c1-2-11-10(14)7-9-5-3-4-6-12(9)8-13/h8-9H,2-7H2,1H3,(H,11,14). The number of piperidine rings is 1. The molecule has 4 heteroatoms. The van der Waals surface area contributed by atoms with Crippen LogP contribution >= 0.6 is 0 Å². The molecule has 0 aliphatic carbocycles. The maximum Gasteiger partial charge on any atom is 0.222 e. The van der Waals surface area contributed by atoms with Crippen LogP contribution in [0.2, 0.25) is 0 Å². The minimum absolute atomic E-state index is 0.0475. The normalized spacial score (nSPS) is 21.8. The molecule has 0 radical (unpaired) electrons. The summed E-state index contributed by atoms with van der Waals surface area (Å²) in [4.78, 5) is 23.8. The molecule has 1 fully saturated rings. The number of nitrogens with zero attached hydrogens (tertiary/aromatic N) is 1. The van der Waals surface area contributed by atoms with Crippen LogP contribution in [0.5, 0.6) is 0 Å². The summed E-state index contributed by atoms with van der Waals surface area (Å²) in [6, 6.07) is 0.118. The predicted octanol–water partition coefficient (Wildman–Crippen LogP) is 0.523. The summed E-state index contributed by atoms with van der Waals surface area (Å²) < 4.78 is 0. The van der Waals surface area contributed by atoms with E-state index in [1.54, 1.807) is 4.90 Å². The third-order valence-corrected chi connectivity index (χ3v) is 2.60. The molecule has 2 amide bonds. The lowest BCUT2D eigenvalue weighted by molar-refractivity contribution is -0.126. The second-order valence-electron chi connectivity index (χ2n) is 3.65. The molecule has 1 atom stereocenters. The molecule has 1 aliphatic heterocycles. The van der Waals surface area contributed by atoms with E-state index in [9.17, 15) is 9.59 Å². The van der Waals surface area contributed by atoms with Crippen LogP contribution < -0.4 is 5.32 Å². The molecule has 0 aromatic rings. The highest BCUT2D eigenvalue weighted by molar-refractivity contribution is 5.76. The molecule has 0 aromatic heterocycles. The monoisotopic (exact) mass is 198 g/mol. The first-order valence-corrected chi connectivity index (χ1v) is 5.25.